The third-order valence-electron chi connectivity index (χ3n) is 5.28. The van der Waals surface area contributed by atoms with Crippen molar-refractivity contribution in [2.75, 3.05) is 0 Å². The maximum Gasteiger partial charge on any atom is 0.244 e. The lowest BCUT2D eigenvalue weighted by atomic mass is 10.00. The van der Waals surface area contributed by atoms with Crippen molar-refractivity contribution in [3.63, 3.8) is 0 Å². The number of benzene rings is 3. The number of sulfonamides is 1. The Hall–Kier alpha value is -3.68. The molecule has 0 aliphatic carbocycles. The zero-order valence-corrected chi connectivity index (χ0v) is 18.9. The second-order valence-electron chi connectivity index (χ2n) is 7.60. The first-order valence-electron chi connectivity index (χ1n) is 10.5. The zero-order chi connectivity index (χ0) is 23.3. The zero-order valence-electron chi connectivity index (χ0n) is 18.1. The van der Waals surface area contributed by atoms with Crippen molar-refractivity contribution >= 4 is 32.8 Å². The van der Waals surface area contributed by atoms with E-state index in [2.05, 4.69) is 10.0 Å². The van der Waals surface area contributed by atoms with Crippen LogP contribution in [0.2, 0.25) is 0 Å². The van der Waals surface area contributed by atoms with E-state index in [9.17, 15) is 13.2 Å². The molecule has 1 amide bonds. The summed E-state index contributed by atoms with van der Waals surface area (Å²) in [6, 6.07) is 23.6. The van der Waals surface area contributed by atoms with Crippen LogP contribution in [-0.4, -0.2) is 14.3 Å². The lowest BCUT2D eigenvalue weighted by Crippen LogP contribution is -2.24. The van der Waals surface area contributed by atoms with Crippen molar-refractivity contribution < 1.29 is 17.6 Å². The van der Waals surface area contributed by atoms with Gasteiger partial charge in [0.15, 0.2) is 0 Å². The Balaban J connectivity index is 1.38. The number of rotatable bonds is 8. The van der Waals surface area contributed by atoms with E-state index in [-0.39, 0.29) is 23.4 Å². The molecule has 33 heavy (non-hydrogen) atoms. The first-order valence-corrected chi connectivity index (χ1v) is 12.0. The Morgan fingerprint density at radius 2 is 1.73 bits per heavy atom. The van der Waals surface area contributed by atoms with Crippen LogP contribution in [-0.2, 0) is 21.4 Å². The smallest absolute Gasteiger partial charge is 0.244 e. The van der Waals surface area contributed by atoms with Crippen molar-refractivity contribution in [1.29, 1.82) is 0 Å². The number of furan rings is 1. The van der Waals surface area contributed by atoms with Gasteiger partial charge in [-0.1, -0.05) is 54.6 Å². The SMILES string of the molecule is CC(NC(=O)/C=C/c1ccc(S(=O)(=O)NCc2ccco2)cc1)c1cccc2ccccc12. The van der Waals surface area contributed by atoms with Crippen LogP contribution in [0, 0.1) is 0 Å². The Morgan fingerprint density at radius 1 is 0.970 bits per heavy atom. The summed E-state index contributed by atoms with van der Waals surface area (Å²) in [5, 5.41) is 5.21. The van der Waals surface area contributed by atoms with E-state index < -0.39 is 10.0 Å². The molecule has 0 saturated heterocycles. The first kappa shape index (κ1) is 22.5. The van der Waals surface area contributed by atoms with Crippen LogP contribution in [0.4, 0.5) is 0 Å². The molecular formula is C26H24N2O4S. The molecular weight excluding hydrogens is 436 g/mol. The Bertz CT molecular complexity index is 1370. The molecule has 2 N–H and O–H groups in total. The summed E-state index contributed by atoms with van der Waals surface area (Å²) in [7, 11) is -3.66. The molecule has 168 valence electrons. The van der Waals surface area contributed by atoms with Gasteiger partial charge in [-0.15, -0.1) is 0 Å². The quantitative estimate of drug-likeness (QED) is 0.370. The highest BCUT2D eigenvalue weighted by atomic mass is 32.2. The van der Waals surface area contributed by atoms with Gasteiger partial charge in [-0.2, -0.15) is 0 Å². The predicted octanol–water partition coefficient (Wildman–Crippen LogP) is 4.80. The molecule has 1 unspecified atom stereocenters. The fourth-order valence-corrected chi connectivity index (χ4v) is 4.55. The van der Waals surface area contributed by atoms with E-state index in [0.717, 1.165) is 16.3 Å². The van der Waals surface area contributed by atoms with Crippen molar-refractivity contribution in [3.8, 4) is 0 Å². The summed E-state index contributed by atoms with van der Waals surface area (Å²) < 4.78 is 32.5. The van der Waals surface area contributed by atoms with Gasteiger partial charge in [0.05, 0.1) is 23.7 Å². The highest BCUT2D eigenvalue weighted by Crippen LogP contribution is 2.24. The van der Waals surface area contributed by atoms with Crippen LogP contribution in [0.1, 0.15) is 29.9 Å². The van der Waals surface area contributed by atoms with Gasteiger partial charge >= 0.3 is 0 Å². The number of amides is 1. The van der Waals surface area contributed by atoms with Crippen LogP contribution in [0.25, 0.3) is 16.8 Å². The van der Waals surface area contributed by atoms with Gasteiger partial charge in [0.1, 0.15) is 5.76 Å². The van der Waals surface area contributed by atoms with Gasteiger partial charge in [-0.3, -0.25) is 4.79 Å². The first-order chi connectivity index (χ1) is 15.9. The molecule has 6 nitrogen and oxygen atoms in total. The van der Waals surface area contributed by atoms with E-state index in [1.807, 2.05) is 49.4 Å². The van der Waals surface area contributed by atoms with Crippen LogP contribution in [0.15, 0.2) is 101 Å². The molecule has 4 rings (SSSR count). The maximum atomic E-state index is 12.4. The molecule has 3 aromatic carbocycles. The second-order valence-corrected chi connectivity index (χ2v) is 9.37. The van der Waals surface area contributed by atoms with E-state index in [1.54, 1.807) is 30.3 Å². The molecule has 0 bridgehead atoms. The summed E-state index contributed by atoms with van der Waals surface area (Å²) in [6.45, 7) is 2.02. The average Bonchev–Trinajstić information content (AvgIpc) is 3.35. The van der Waals surface area contributed by atoms with Gasteiger partial charge in [0, 0.05) is 6.08 Å². The summed E-state index contributed by atoms with van der Waals surface area (Å²) in [5.74, 6) is 0.300. The van der Waals surface area contributed by atoms with Crippen molar-refractivity contribution in [3.05, 3.63) is 108 Å². The van der Waals surface area contributed by atoms with Crippen molar-refractivity contribution in [2.24, 2.45) is 0 Å². The molecule has 0 saturated carbocycles. The second kappa shape index (κ2) is 9.85. The molecule has 7 heteroatoms. The summed E-state index contributed by atoms with van der Waals surface area (Å²) in [6.07, 6.45) is 4.59. The lowest BCUT2D eigenvalue weighted by molar-refractivity contribution is -0.117. The van der Waals surface area contributed by atoms with Crippen LogP contribution < -0.4 is 10.0 Å². The highest BCUT2D eigenvalue weighted by molar-refractivity contribution is 7.89. The molecule has 1 heterocycles. The minimum atomic E-state index is -3.66. The van der Waals surface area contributed by atoms with Crippen LogP contribution in [0.3, 0.4) is 0 Å². The third kappa shape index (κ3) is 5.58. The Morgan fingerprint density at radius 3 is 2.48 bits per heavy atom. The number of carbonyl (C=O) groups is 1. The molecule has 0 spiro atoms. The van der Waals surface area contributed by atoms with Gasteiger partial charge in [0.25, 0.3) is 0 Å². The number of fused-ring (bicyclic) bond motifs is 1. The van der Waals surface area contributed by atoms with Gasteiger partial charge in [-0.25, -0.2) is 13.1 Å². The molecule has 4 aromatic rings. The molecule has 0 radical (unpaired) electrons. The number of hydrogen-bond acceptors (Lipinski definition) is 4. The van der Waals surface area contributed by atoms with Gasteiger partial charge in [0.2, 0.25) is 15.9 Å². The molecule has 0 aliphatic rings. The minimum Gasteiger partial charge on any atom is -0.468 e. The normalized spacial score (nSPS) is 12.8. The summed E-state index contributed by atoms with van der Waals surface area (Å²) in [4.78, 5) is 12.6. The third-order valence-corrected chi connectivity index (χ3v) is 6.70. The standard InChI is InChI=1S/C26H24N2O4S/c1-19(24-10-4-7-21-6-2-3-9-25(21)24)28-26(29)16-13-20-11-14-23(15-12-20)33(30,31)27-18-22-8-5-17-32-22/h2-17,19,27H,18H2,1H3,(H,28,29)/b16-13+. The van der Waals surface area contributed by atoms with Gasteiger partial charge < -0.3 is 9.73 Å². The fourth-order valence-electron chi connectivity index (χ4n) is 3.56. The van der Waals surface area contributed by atoms with Crippen molar-refractivity contribution in [2.45, 2.75) is 24.4 Å². The number of carbonyl (C=O) groups excluding carboxylic acids is 1. The molecule has 1 aromatic heterocycles. The van der Waals surface area contributed by atoms with Crippen LogP contribution >= 0.6 is 0 Å². The van der Waals surface area contributed by atoms with Gasteiger partial charge in [-0.05, 0) is 59.2 Å². The van der Waals surface area contributed by atoms with Crippen LogP contribution in [0.5, 0.6) is 0 Å². The molecule has 0 aliphatic heterocycles. The fraction of sp³-hybridized carbons (Fsp3) is 0.115. The van der Waals surface area contributed by atoms with E-state index >= 15 is 0 Å². The Kier molecular flexibility index (Phi) is 6.72. The lowest BCUT2D eigenvalue weighted by Gasteiger charge is -2.15. The summed E-state index contributed by atoms with van der Waals surface area (Å²) in [5.41, 5.74) is 1.76. The van der Waals surface area contributed by atoms with E-state index in [4.69, 9.17) is 4.42 Å². The Labute approximate surface area is 193 Å². The maximum absolute atomic E-state index is 12.4. The van der Waals surface area contributed by atoms with E-state index in [1.165, 1.54) is 24.5 Å². The largest absolute Gasteiger partial charge is 0.468 e. The average molecular weight is 461 g/mol. The minimum absolute atomic E-state index is 0.0754. The molecule has 1 atom stereocenters. The monoisotopic (exact) mass is 460 g/mol. The summed E-state index contributed by atoms with van der Waals surface area (Å²) >= 11 is 0. The highest BCUT2D eigenvalue weighted by Gasteiger charge is 2.14. The van der Waals surface area contributed by atoms with E-state index in [0.29, 0.717) is 11.3 Å². The topological polar surface area (TPSA) is 88.4 Å². The van der Waals surface area contributed by atoms with Crippen molar-refractivity contribution in [1.82, 2.24) is 10.0 Å². The molecule has 0 fully saturated rings. The number of hydrogen-bond donors (Lipinski definition) is 2. The number of nitrogens with one attached hydrogen (secondary N) is 2. The predicted molar refractivity (Wildman–Crippen MR) is 129 cm³/mol.